The molecule has 1 fully saturated rings. The molecule has 5 nitrogen and oxygen atoms in total. The number of phenolic OH excluding ortho intramolecular Hbond substituents is 1. The highest BCUT2D eigenvalue weighted by atomic mass is 35.5. The second-order valence-electron chi connectivity index (χ2n) is 5.83. The van der Waals surface area contributed by atoms with Crippen molar-refractivity contribution < 1.29 is 10.0 Å². The quantitative estimate of drug-likeness (QED) is 0.686. The average molecular weight is 299 g/mol. The van der Waals surface area contributed by atoms with Gasteiger partial charge in [-0.15, -0.1) is 0 Å². The van der Waals surface area contributed by atoms with Gasteiger partial charge in [0, 0.05) is 37.3 Å². The molecule has 6 heteroatoms. The third kappa shape index (κ3) is 3.41. The van der Waals surface area contributed by atoms with Gasteiger partial charge in [0.15, 0.2) is 0 Å². The summed E-state index contributed by atoms with van der Waals surface area (Å²) in [4.78, 5) is 12.6. The molecule has 1 aliphatic heterocycles. The maximum atomic E-state index is 10.9. The van der Waals surface area contributed by atoms with Crippen molar-refractivity contribution in [1.82, 2.24) is 4.90 Å². The third-order valence-electron chi connectivity index (χ3n) is 3.68. The van der Waals surface area contributed by atoms with E-state index in [9.17, 15) is 15.2 Å². The number of rotatable bonds is 3. The molecule has 2 unspecified atom stereocenters. The Morgan fingerprint density at radius 3 is 2.55 bits per heavy atom. The number of aromatic hydroxyl groups is 1. The summed E-state index contributed by atoms with van der Waals surface area (Å²) in [5, 5.41) is 20.9. The number of hydrogen-bond donors (Lipinski definition) is 1. The van der Waals surface area contributed by atoms with Gasteiger partial charge in [-0.25, -0.2) is 0 Å². The van der Waals surface area contributed by atoms with Crippen LogP contribution in [0, 0.1) is 22.0 Å². The number of benzene rings is 1. The molecule has 0 bridgehead atoms. The van der Waals surface area contributed by atoms with Crippen LogP contribution in [0.4, 0.5) is 5.69 Å². The van der Waals surface area contributed by atoms with Crippen molar-refractivity contribution in [2.45, 2.75) is 26.8 Å². The Bertz CT molecular complexity index is 511. The number of likely N-dealkylation sites (tertiary alicyclic amines) is 1. The van der Waals surface area contributed by atoms with Crippen LogP contribution in [-0.2, 0) is 6.54 Å². The number of phenols is 1. The van der Waals surface area contributed by atoms with E-state index in [2.05, 4.69) is 18.7 Å². The summed E-state index contributed by atoms with van der Waals surface area (Å²) in [6, 6.07) is 2.59. The number of hydrogen-bond acceptors (Lipinski definition) is 4. The zero-order valence-corrected chi connectivity index (χ0v) is 12.4. The van der Waals surface area contributed by atoms with Crippen LogP contribution in [0.2, 0.25) is 5.02 Å². The first kappa shape index (κ1) is 15.1. The summed E-state index contributed by atoms with van der Waals surface area (Å²) >= 11 is 5.87. The summed E-state index contributed by atoms with van der Waals surface area (Å²) in [7, 11) is 0. The van der Waals surface area contributed by atoms with Crippen molar-refractivity contribution >= 4 is 17.3 Å². The zero-order chi connectivity index (χ0) is 14.9. The van der Waals surface area contributed by atoms with Gasteiger partial charge in [-0.1, -0.05) is 25.4 Å². The van der Waals surface area contributed by atoms with Gasteiger partial charge < -0.3 is 5.11 Å². The number of non-ortho nitro benzene ring substituents is 1. The second-order valence-corrected chi connectivity index (χ2v) is 6.24. The lowest BCUT2D eigenvalue weighted by atomic mass is 9.91. The highest BCUT2D eigenvalue weighted by Gasteiger charge is 2.24. The van der Waals surface area contributed by atoms with E-state index in [0.717, 1.165) is 13.1 Å². The number of piperidine rings is 1. The molecule has 1 saturated heterocycles. The van der Waals surface area contributed by atoms with Gasteiger partial charge in [0.25, 0.3) is 5.69 Å². The van der Waals surface area contributed by atoms with Crippen molar-refractivity contribution in [3.8, 4) is 5.75 Å². The fourth-order valence-corrected chi connectivity index (χ4v) is 3.26. The molecule has 0 radical (unpaired) electrons. The van der Waals surface area contributed by atoms with Crippen LogP contribution < -0.4 is 0 Å². The SMILES string of the molecule is CC1CC(C)CN(Cc2cc([N+](=O)[O-])cc(Cl)c2O)C1. The molecule has 0 saturated carbocycles. The van der Waals surface area contributed by atoms with Gasteiger partial charge >= 0.3 is 0 Å². The van der Waals surface area contributed by atoms with Crippen LogP contribution in [0.5, 0.6) is 5.75 Å². The molecule has 110 valence electrons. The minimum Gasteiger partial charge on any atom is -0.506 e. The van der Waals surface area contributed by atoms with Crippen molar-refractivity contribution in [1.29, 1.82) is 0 Å². The van der Waals surface area contributed by atoms with Crippen LogP contribution >= 0.6 is 11.6 Å². The average Bonchev–Trinajstić information content (AvgIpc) is 2.33. The molecular formula is C14H19ClN2O3. The Labute approximate surface area is 123 Å². The maximum absolute atomic E-state index is 10.9. The van der Waals surface area contributed by atoms with E-state index in [4.69, 9.17) is 11.6 Å². The van der Waals surface area contributed by atoms with Crippen LogP contribution in [0.3, 0.4) is 0 Å². The minimum atomic E-state index is -0.490. The van der Waals surface area contributed by atoms with Gasteiger partial charge in [0.05, 0.1) is 9.95 Å². The van der Waals surface area contributed by atoms with Gasteiger partial charge in [0.1, 0.15) is 5.75 Å². The Hall–Kier alpha value is -1.33. The van der Waals surface area contributed by atoms with E-state index in [1.165, 1.54) is 18.6 Å². The summed E-state index contributed by atoms with van der Waals surface area (Å²) in [5.74, 6) is 1.13. The Kier molecular flexibility index (Phi) is 4.50. The molecule has 2 atom stereocenters. The third-order valence-corrected chi connectivity index (χ3v) is 3.96. The monoisotopic (exact) mass is 298 g/mol. The van der Waals surface area contributed by atoms with Crippen LogP contribution in [0.25, 0.3) is 0 Å². The predicted molar refractivity (Wildman–Crippen MR) is 78.0 cm³/mol. The van der Waals surface area contributed by atoms with E-state index < -0.39 is 4.92 Å². The fraction of sp³-hybridized carbons (Fsp3) is 0.571. The molecule has 0 amide bonds. The van der Waals surface area contributed by atoms with Crippen LogP contribution in [-0.4, -0.2) is 28.0 Å². The standard InChI is InChI=1S/C14H19ClN2O3/c1-9-3-10(2)7-16(6-9)8-11-4-12(17(19)20)5-13(15)14(11)18/h4-5,9-10,18H,3,6-8H2,1-2H3. The minimum absolute atomic E-state index is 0.0345. The number of nitrogens with zero attached hydrogens (tertiary/aromatic N) is 2. The van der Waals surface area contributed by atoms with Crippen molar-refractivity contribution in [2.24, 2.45) is 11.8 Å². The molecule has 0 aliphatic carbocycles. The van der Waals surface area contributed by atoms with E-state index in [0.29, 0.717) is 23.9 Å². The molecule has 2 rings (SSSR count). The maximum Gasteiger partial charge on any atom is 0.271 e. The highest BCUT2D eigenvalue weighted by molar-refractivity contribution is 6.32. The molecule has 1 aromatic carbocycles. The Morgan fingerprint density at radius 1 is 1.40 bits per heavy atom. The first-order valence-electron chi connectivity index (χ1n) is 6.75. The predicted octanol–water partition coefficient (Wildman–Crippen LogP) is 3.43. The van der Waals surface area contributed by atoms with Crippen LogP contribution in [0.15, 0.2) is 12.1 Å². The Balaban J connectivity index is 2.22. The zero-order valence-electron chi connectivity index (χ0n) is 11.7. The van der Waals surface area contributed by atoms with E-state index in [1.54, 1.807) is 0 Å². The van der Waals surface area contributed by atoms with Gasteiger partial charge in [-0.2, -0.15) is 0 Å². The molecule has 0 aromatic heterocycles. The summed E-state index contributed by atoms with van der Waals surface area (Å²) < 4.78 is 0. The van der Waals surface area contributed by atoms with Crippen molar-refractivity contribution in [3.63, 3.8) is 0 Å². The first-order chi connectivity index (χ1) is 9.36. The molecule has 20 heavy (non-hydrogen) atoms. The van der Waals surface area contributed by atoms with Gasteiger partial charge in [-0.3, -0.25) is 15.0 Å². The van der Waals surface area contributed by atoms with Crippen molar-refractivity contribution in [2.75, 3.05) is 13.1 Å². The largest absolute Gasteiger partial charge is 0.506 e. The molecule has 1 heterocycles. The van der Waals surface area contributed by atoms with E-state index in [1.807, 2.05) is 0 Å². The molecule has 1 aliphatic rings. The number of halogens is 1. The van der Waals surface area contributed by atoms with Crippen molar-refractivity contribution in [3.05, 3.63) is 32.8 Å². The fourth-order valence-electron chi connectivity index (χ4n) is 3.03. The number of nitro benzene ring substituents is 1. The number of nitro groups is 1. The normalized spacial score (nSPS) is 23.8. The summed E-state index contributed by atoms with van der Waals surface area (Å²) in [6.07, 6.45) is 1.19. The molecule has 1 aromatic rings. The topological polar surface area (TPSA) is 66.6 Å². The second kappa shape index (κ2) is 5.97. The summed E-state index contributed by atoms with van der Waals surface area (Å²) in [6.45, 7) is 6.75. The molecule has 0 spiro atoms. The van der Waals surface area contributed by atoms with Crippen LogP contribution in [0.1, 0.15) is 25.8 Å². The van der Waals surface area contributed by atoms with E-state index >= 15 is 0 Å². The highest BCUT2D eigenvalue weighted by Crippen LogP contribution is 2.34. The van der Waals surface area contributed by atoms with Gasteiger partial charge in [-0.05, 0) is 18.3 Å². The lowest BCUT2D eigenvalue weighted by Gasteiger charge is -2.35. The van der Waals surface area contributed by atoms with E-state index in [-0.39, 0.29) is 16.5 Å². The molecule has 1 N–H and O–H groups in total. The first-order valence-corrected chi connectivity index (χ1v) is 7.12. The Morgan fingerprint density at radius 2 is 2.00 bits per heavy atom. The lowest BCUT2D eigenvalue weighted by molar-refractivity contribution is -0.384. The lowest BCUT2D eigenvalue weighted by Crippen LogP contribution is -2.38. The molecular weight excluding hydrogens is 280 g/mol. The van der Waals surface area contributed by atoms with Gasteiger partial charge in [0.2, 0.25) is 0 Å². The summed E-state index contributed by atoms with van der Waals surface area (Å²) in [5.41, 5.74) is 0.436. The smallest absolute Gasteiger partial charge is 0.271 e.